The Morgan fingerprint density at radius 3 is 2.44 bits per heavy atom. The molecule has 0 atom stereocenters. The van der Waals surface area contributed by atoms with E-state index < -0.39 is 12.8 Å². The highest BCUT2D eigenvalue weighted by Crippen LogP contribution is 2.19. The lowest BCUT2D eigenvalue weighted by Crippen LogP contribution is -2.37. The van der Waals surface area contributed by atoms with Crippen LogP contribution in [0.1, 0.15) is 29.4 Å². The molecule has 7 nitrogen and oxygen atoms in total. The van der Waals surface area contributed by atoms with Gasteiger partial charge in [0.2, 0.25) is 0 Å². The third-order valence-electron chi connectivity index (χ3n) is 4.56. The van der Waals surface area contributed by atoms with Crippen molar-refractivity contribution in [1.29, 1.82) is 0 Å². The van der Waals surface area contributed by atoms with Crippen LogP contribution in [0.4, 0.5) is 13.2 Å². The van der Waals surface area contributed by atoms with Crippen LogP contribution in [0.2, 0.25) is 0 Å². The molecule has 1 heterocycles. The number of rotatable bonds is 10. The quantitative estimate of drug-likeness (QED) is 0.258. The molecule has 0 aliphatic heterocycles. The minimum atomic E-state index is -4.35. The van der Waals surface area contributed by atoms with Crippen molar-refractivity contribution in [2.75, 3.05) is 26.9 Å². The molecule has 1 aromatic heterocycles. The van der Waals surface area contributed by atoms with E-state index >= 15 is 0 Å². The lowest BCUT2D eigenvalue weighted by Gasteiger charge is -2.12. The first-order chi connectivity index (χ1) is 14.7. The van der Waals surface area contributed by atoms with Gasteiger partial charge in [0.15, 0.2) is 12.6 Å². The standard InChI is InChI=1S/C21H30F3N5O2.HI/c1-5-25-20(27-13-19-15(2)28-29(16(19)3)10-11-30-4)26-12-17-6-8-18(9-7-17)31-14-21(22,23)24;/h6-9H,5,10-14H2,1-4H3,(H2,25,26,27);1H. The number of aromatic nitrogens is 2. The third-order valence-corrected chi connectivity index (χ3v) is 4.56. The third kappa shape index (κ3) is 9.23. The van der Waals surface area contributed by atoms with Gasteiger partial charge < -0.3 is 20.1 Å². The molecule has 0 saturated carbocycles. The first-order valence-electron chi connectivity index (χ1n) is 10.1. The minimum absolute atomic E-state index is 0. The lowest BCUT2D eigenvalue weighted by atomic mass is 10.2. The Bertz CT molecular complexity index is 854. The summed E-state index contributed by atoms with van der Waals surface area (Å²) in [6.07, 6.45) is -4.35. The average molecular weight is 569 g/mol. The van der Waals surface area contributed by atoms with Gasteiger partial charge in [-0.15, -0.1) is 24.0 Å². The number of benzene rings is 1. The topological polar surface area (TPSA) is 72.7 Å². The number of halogens is 4. The van der Waals surface area contributed by atoms with E-state index in [-0.39, 0.29) is 29.7 Å². The Morgan fingerprint density at radius 2 is 1.84 bits per heavy atom. The maximum Gasteiger partial charge on any atom is 0.422 e. The van der Waals surface area contributed by atoms with E-state index in [9.17, 15) is 13.2 Å². The molecule has 0 fully saturated rings. The van der Waals surface area contributed by atoms with Gasteiger partial charge in [-0.05, 0) is 38.5 Å². The predicted octanol–water partition coefficient (Wildman–Crippen LogP) is 3.96. The molecular weight excluding hydrogens is 538 g/mol. The summed E-state index contributed by atoms with van der Waals surface area (Å²) in [5.41, 5.74) is 3.99. The molecule has 1 aromatic carbocycles. The fourth-order valence-corrected chi connectivity index (χ4v) is 2.93. The maximum atomic E-state index is 12.2. The first kappa shape index (κ1) is 28.0. The Morgan fingerprint density at radius 1 is 1.16 bits per heavy atom. The second-order valence-corrected chi connectivity index (χ2v) is 6.96. The zero-order valence-corrected chi connectivity index (χ0v) is 21.1. The molecule has 0 amide bonds. The van der Waals surface area contributed by atoms with E-state index in [2.05, 4.69) is 20.7 Å². The minimum Gasteiger partial charge on any atom is -0.484 e. The average Bonchev–Trinajstić information content (AvgIpc) is 3.00. The van der Waals surface area contributed by atoms with Gasteiger partial charge in [0.05, 0.1) is 25.4 Å². The second-order valence-electron chi connectivity index (χ2n) is 6.96. The molecule has 2 N–H and O–H groups in total. The number of aryl methyl sites for hydroxylation is 1. The Kier molecular flexibility index (Phi) is 11.8. The van der Waals surface area contributed by atoms with Crippen LogP contribution in [0, 0.1) is 13.8 Å². The van der Waals surface area contributed by atoms with E-state index in [1.807, 2.05) is 25.5 Å². The van der Waals surface area contributed by atoms with Crippen LogP contribution < -0.4 is 15.4 Å². The smallest absolute Gasteiger partial charge is 0.422 e. The summed E-state index contributed by atoms with van der Waals surface area (Å²) in [6, 6.07) is 6.43. The van der Waals surface area contributed by atoms with Crippen molar-refractivity contribution in [1.82, 2.24) is 20.4 Å². The number of ether oxygens (including phenoxy) is 2. The largest absolute Gasteiger partial charge is 0.484 e. The molecule has 180 valence electrons. The molecule has 0 radical (unpaired) electrons. The molecule has 0 aliphatic carbocycles. The highest BCUT2D eigenvalue weighted by molar-refractivity contribution is 14.0. The first-order valence-corrected chi connectivity index (χ1v) is 10.1. The fourth-order valence-electron chi connectivity index (χ4n) is 2.93. The van der Waals surface area contributed by atoms with Crippen molar-refractivity contribution in [3.05, 3.63) is 46.8 Å². The number of guanidine groups is 1. The summed E-state index contributed by atoms with van der Waals surface area (Å²) < 4.78 is 48.5. The van der Waals surface area contributed by atoms with Gasteiger partial charge in [-0.3, -0.25) is 4.68 Å². The molecule has 0 unspecified atom stereocenters. The molecule has 11 heteroatoms. The van der Waals surface area contributed by atoms with Gasteiger partial charge in [-0.25, -0.2) is 4.99 Å². The number of aliphatic imine (C=N–C) groups is 1. The number of methoxy groups -OCH3 is 1. The molecule has 2 rings (SSSR count). The Hall–Kier alpha value is -2.02. The SMILES string of the molecule is CCNC(=NCc1ccc(OCC(F)(F)F)cc1)NCc1c(C)nn(CCOC)c1C.I. The normalized spacial score (nSPS) is 11.8. The van der Waals surface area contributed by atoms with Gasteiger partial charge in [-0.1, -0.05) is 12.1 Å². The summed E-state index contributed by atoms with van der Waals surface area (Å²) in [5.74, 6) is 0.815. The van der Waals surface area contributed by atoms with Gasteiger partial charge in [-0.2, -0.15) is 18.3 Å². The summed E-state index contributed by atoms with van der Waals surface area (Å²) in [6.45, 7) is 7.60. The van der Waals surface area contributed by atoms with Crippen LogP contribution in [-0.4, -0.2) is 48.8 Å². The highest BCUT2D eigenvalue weighted by Gasteiger charge is 2.28. The molecule has 0 aliphatic rings. The van der Waals surface area contributed by atoms with Gasteiger partial charge >= 0.3 is 6.18 Å². The monoisotopic (exact) mass is 569 g/mol. The van der Waals surface area contributed by atoms with Crippen molar-refractivity contribution in [2.45, 2.75) is 46.6 Å². The molecular formula is C21H31F3IN5O2. The molecule has 0 saturated heterocycles. The van der Waals surface area contributed by atoms with Crippen molar-refractivity contribution >= 4 is 29.9 Å². The van der Waals surface area contributed by atoms with Crippen molar-refractivity contribution in [2.24, 2.45) is 4.99 Å². The van der Waals surface area contributed by atoms with Crippen molar-refractivity contribution < 1.29 is 22.6 Å². The van der Waals surface area contributed by atoms with Crippen molar-refractivity contribution in [3.8, 4) is 5.75 Å². The Labute approximate surface area is 203 Å². The zero-order chi connectivity index (χ0) is 22.9. The highest BCUT2D eigenvalue weighted by atomic mass is 127. The number of nitrogens with one attached hydrogen (secondary N) is 2. The maximum absolute atomic E-state index is 12.2. The van der Waals surface area contributed by atoms with E-state index in [1.54, 1.807) is 19.2 Å². The molecule has 32 heavy (non-hydrogen) atoms. The van der Waals surface area contributed by atoms with Crippen LogP contribution in [0.25, 0.3) is 0 Å². The van der Waals surface area contributed by atoms with Crippen LogP contribution in [-0.2, 0) is 24.4 Å². The summed E-state index contributed by atoms with van der Waals surface area (Å²) in [7, 11) is 1.66. The van der Waals surface area contributed by atoms with E-state index in [4.69, 9.17) is 9.47 Å². The van der Waals surface area contributed by atoms with E-state index in [0.29, 0.717) is 38.7 Å². The number of hydrogen-bond acceptors (Lipinski definition) is 4. The van der Waals surface area contributed by atoms with Gasteiger partial charge in [0.25, 0.3) is 0 Å². The Balaban J connectivity index is 0.00000512. The number of nitrogens with zero attached hydrogens (tertiary/aromatic N) is 3. The zero-order valence-electron chi connectivity index (χ0n) is 18.8. The predicted molar refractivity (Wildman–Crippen MR) is 129 cm³/mol. The second kappa shape index (κ2) is 13.5. The van der Waals surface area contributed by atoms with Crippen LogP contribution in [0.15, 0.2) is 29.3 Å². The van der Waals surface area contributed by atoms with Gasteiger partial charge in [0.1, 0.15) is 5.75 Å². The molecule has 0 spiro atoms. The number of alkyl halides is 3. The van der Waals surface area contributed by atoms with E-state index in [1.165, 1.54) is 12.1 Å². The van der Waals surface area contributed by atoms with Crippen LogP contribution in [0.3, 0.4) is 0 Å². The summed E-state index contributed by atoms with van der Waals surface area (Å²) >= 11 is 0. The summed E-state index contributed by atoms with van der Waals surface area (Å²) in [4.78, 5) is 4.56. The van der Waals surface area contributed by atoms with E-state index in [0.717, 1.165) is 22.5 Å². The molecule has 2 aromatic rings. The van der Waals surface area contributed by atoms with Crippen LogP contribution in [0.5, 0.6) is 5.75 Å². The fraction of sp³-hybridized carbons (Fsp3) is 0.524. The summed E-state index contributed by atoms with van der Waals surface area (Å²) in [5, 5.41) is 11.1. The van der Waals surface area contributed by atoms with Gasteiger partial charge in [0, 0.05) is 31.5 Å². The lowest BCUT2D eigenvalue weighted by molar-refractivity contribution is -0.153. The van der Waals surface area contributed by atoms with Crippen LogP contribution >= 0.6 is 24.0 Å². The van der Waals surface area contributed by atoms with Crippen molar-refractivity contribution in [3.63, 3.8) is 0 Å². The number of hydrogen-bond donors (Lipinski definition) is 2. The molecule has 0 bridgehead atoms.